The summed E-state index contributed by atoms with van der Waals surface area (Å²) in [6.45, 7) is 3.01. The number of hydrogen-bond acceptors (Lipinski definition) is 5. The highest BCUT2D eigenvalue weighted by Crippen LogP contribution is 2.38. The first kappa shape index (κ1) is 23.5. The van der Waals surface area contributed by atoms with Gasteiger partial charge in [0.25, 0.3) is 0 Å². The van der Waals surface area contributed by atoms with Crippen molar-refractivity contribution in [2.45, 2.75) is 32.4 Å². The Morgan fingerprint density at radius 1 is 1.06 bits per heavy atom. The van der Waals surface area contributed by atoms with Gasteiger partial charge in [-0.15, -0.1) is 0 Å². The Labute approximate surface area is 188 Å². The minimum Gasteiger partial charge on any atom is -0.493 e. The van der Waals surface area contributed by atoms with E-state index in [2.05, 4.69) is 15.6 Å². The lowest BCUT2D eigenvalue weighted by atomic mass is 10.1. The smallest absolute Gasteiger partial charge is 0.203 e. The number of hydrogen-bond donors (Lipinski definition) is 2. The molecular weight excluding hydrogens is 413 g/mol. The van der Waals surface area contributed by atoms with Gasteiger partial charge in [-0.3, -0.25) is 4.99 Å². The van der Waals surface area contributed by atoms with Gasteiger partial charge in [0.15, 0.2) is 29.0 Å². The number of guanidine groups is 1. The van der Waals surface area contributed by atoms with Crippen LogP contribution in [0.4, 0.5) is 4.39 Å². The zero-order valence-corrected chi connectivity index (χ0v) is 19.3. The maximum atomic E-state index is 14.4. The van der Waals surface area contributed by atoms with Gasteiger partial charge in [-0.05, 0) is 61.1 Å². The van der Waals surface area contributed by atoms with Crippen LogP contribution in [0.3, 0.4) is 0 Å². The molecule has 0 amide bonds. The number of ether oxygens (including phenoxy) is 4. The molecule has 2 aromatic rings. The Kier molecular flexibility index (Phi) is 8.03. The molecule has 8 heteroatoms. The number of nitrogens with one attached hydrogen (secondary N) is 2. The van der Waals surface area contributed by atoms with Crippen molar-refractivity contribution < 1.29 is 23.3 Å². The maximum absolute atomic E-state index is 14.4. The molecule has 2 aromatic carbocycles. The third kappa shape index (κ3) is 5.96. The second-order valence-corrected chi connectivity index (χ2v) is 7.77. The predicted octanol–water partition coefficient (Wildman–Crippen LogP) is 4.07. The Balaban J connectivity index is 1.61. The summed E-state index contributed by atoms with van der Waals surface area (Å²) in [5.74, 6) is 2.82. The predicted molar refractivity (Wildman–Crippen MR) is 122 cm³/mol. The molecule has 0 heterocycles. The fraction of sp³-hybridized carbons (Fsp3) is 0.458. The van der Waals surface area contributed by atoms with Gasteiger partial charge in [0.1, 0.15) is 0 Å². The molecular formula is C24H32FN3O4. The van der Waals surface area contributed by atoms with E-state index in [1.54, 1.807) is 34.4 Å². The summed E-state index contributed by atoms with van der Waals surface area (Å²) in [6.07, 6.45) is 2.34. The zero-order chi connectivity index (χ0) is 23.1. The van der Waals surface area contributed by atoms with Crippen LogP contribution in [0.5, 0.6) is 23.0 Å². The van der Waals surface area contributed by atoms with Crippen LogP contribution in [0, 0.1) is 11.7 Å². The van der Waals surface area contributed by atoms with Crippen LogP contribution in [0.2, 0.25) is 0 Å². The van der Waals surface area contributed by atoms with Crippen LogP contribution >= 0.6 is 0 Å². The van der Waals surface area contributed by atoms with E-state index in [-0.39, 0.29) is 11.9 Å². The highest BCUT2D eigenvalue weighted by Gasteiger charge is 2.22. The lowest BCUT2D eigenvalue weighted by Crippen LogP contribution is -2.38. The summed E-state index contributed by atoms with van der Waals surface area (Å²) in [5, 5.41) is 6.54. The van der Waals surface area contributed by atoms with Gasteiger partial charge in [0.2, 0.25) is 5.75 Å². The molecule has 0 saturated heterocycles. The molecule has 1 unspecified atom stereocenters. The number of nitrogens with zero attached hydrogens (tertiary/aromatic N) is 1. The molecule has 1 saturated carbocycles. The van der Waals surface area contributed by atoms with E-state index in [0.29, 0.717) is 48.0 Å². The maximum Gasteiger partial charge on any atom is 0.203 e. The first-order valence-electron chi connectivity index (χ1n) is 10.7. The number of rotatable bonds is 10. The molecule has 174 valence electrons. The summed E-state index contributed by atoms with van der Waals surface area (Å²) in [4.78, 5) is 4.27. The minimum atomic E-state index is -0.350. The third-order valence-corrected chi connectivity index (χ3v) is 5.39. The number of benzene rings is 2. The van der Waals surface area contributed by atoms with Gasteiger partial charge in [-0.2, -0.15) is 0 Å². The normalized spacial score (nSPS) is 14.5. The standard InChI is InChI=1S/C24H32FN3O4/c1-15(18-8-9-20(19(25)12-18)32-14-16-6-7-16)28-24(26-2)27-13-17-10-21(29-3)23(31-5)22(11-17)30-4/h8-12,15-16H,6-7,13-14H2,1-5H3,(H2,26,27,28). The van der Waals surface area contributed by atoms with E-state index in [1.165, 1.54) is 18.9 Å². The van der Waals surface area contributed by atoms with Crippen molar-refractivity contribution in [3.8, 4) is 23.0 Å². The molecule has 1 aliphatic rings. The van der Waals surface area contributed by atoms with Crippen molar-refractivity contribution in [2.24, 2.45) is 10.9 Å². The molecule has 0 aliphatic heterocycles. The summed E-state index contributed by atoms with van der Waals surface area (Å²) in [7, 11) is 6.42. The second-order valence-electron chi connectivity index (χ2n) is 7.77. The summed E-state index contributed by atoms with van der Waals surface area (Å²) >= 11 is 0. The Morgan fingerprint density at radius 2 is 1.75 bits per heavy atom. The van der Waals surface area contributed by atoms with Crippen LogP contribution in [0.25, 0.3) is 0 Å². The highest BCUT2D eigenvalue weighted by atomic mass is 19.1. The average Bonchev–Trinajstić information content (AvgIpc) is 3.64. The quantitative estimate of drug-likeness (QED) is 0.424. The largest absolute Gasteiger partial charge is 0.493 e. The van der Waals surface area contributed by atoms with E-state index in [0.717, 1.165) is 11.1 Å². The van der Waals surface area contributed by atoms with E-state index in [1.807, 2.05) is 25.1 Å². The van der Waals surface area contributed by atoms with E-state index in [9.17, 15) is 4.39 Å². The lowest BCUT2D eigenvalue weighted by molar-refractivity contribution is 0.285. The van der Waals surface area contributed by atoms with E-state index in [4.69, 9.17) is 18.9 Å². The topological polar surface area (TPSA) is 73.3 Å². The number of halogens is 1. The van der Waals surface area contributed by atoms with Gasteiger partial charge in [0.05, 0.1) is 34.0 Å². The summed E-state index contributed by atoms with van der Waals surface area (Å²) in [5.41, 5.74) is 1.73. The Hall–Kier alpha value is -3.16. The SMILES string of the molecule is CN=C(NCc1cc(OC)c(OC)c(OC)c1)NC(C)c1ccc(OCC2CC2)c(F)c1. The van der Waals surface area contributed by atoms with Crippen molar-refractivity contribution >= 4 is 5.96 Å². The van der Waals surface area contributed by atoms with Crippen molar-refractivity contribution in [2.75, 3.05) is 35.0 Å². The first-order chi connectivity index (χ1) is 15.5. The van der Waals surface area contributed by atoms with Gasteiger partial charge in [0, 0.05) is 13.6 Å². The van der Waals surface area contributed by atoms with E-state index < -0.39 is 0 Å². The van der Waals surface area contributed by atoms with Crippen molar-refractivity contribution in [1.29, 1.82) is 0 Å². The van der Waals surface area contributed by atoms with Crippen LogP contribution in [0.1, 0.15) is 36.9 Å². The van der Waals surface area contributed by atoms with Crippen LogP contribution in [-0.2, 0) is 6.54 Å². The second kappa shape index (κ2) is 10.9. The molecule has 0 bridgehead atoms. The van der Waals surface area contributed by atoms with Crippen molar-refractivity contribution in [3.63, 3.8) is 0 Å². The molecule has 1 atom stereocenters. The van der Waals surface area contributed by atoms with Crippen molar-refractivity contribution in [1.82, 2.24) is 10.6 Å². The molecule has 1 aliphatic carbocycles. The van der Waals surface area contributed by atoms with E-state index >= 15 is 0 Å². The van der Waals surface area contributed by atoms with Crippen LogP contribution in [-0.4, -0.2) is 40.9 Å². The number of methoxy groups -OCH3 is 3. The molecule has 0 radical (unpaired) electrons. The minimum absolute atomic E-state index is 0.159. The molecule has 2 N–H and O–H groups in total. The van der Waals surface area contributed by atoms with Gasteiger partial charge < -0.3 is 29.6 Å². The molecule has 32 heavy (non-hydrogen) atoms. The lowest BCUT2D eigenvalue weighted by Gasteiger charge is -2.20. The molecule has 1 fully saturated rings. The van der Waals surface area contributed by atoms with Gasteiger partial charge >= 0.3 is 0 Å². The highest BCUT2D eigenvalue weighted by molar-refractivity contribution is 5.80. The summed E-state index contributed by atoms with van der Waals surface area (Å²) in [6, 6.07) is 8.66. The Bertz CT molecular complexity index is 922. The average molecular weight is 446 g/mol. The molecule has 7 nitrogen and oxygen atoms in total. The Morgan fingerprint density at radius 3 is 2.28 bits per heavy atom. The molecule has 0 spiro atoms. The fourth-order valence-electron chi connectivity index (χ4n) is 3.30. The van der Waals surface area contributed by atoms with Crippen LogP contribution in [0.15, 0.2) is 35.3 Å². The summed E-state index contributed by atoms with van der Waals surface area (Å²) < 4.78 is 36.2. The first-order valence-corrected chi connectivity index (χ1v) is 10.7. The third-order valence-electron chi connectivity index (χ3n) is 5.39. The van der Waals surface area contributed by atoms with Gasteiger partial charge in [-0.25, -0.2) is 4.39 Å². The monoisotopic (exact) mass is 445 g/mol. The molecule has 0 aromatic heterocycles. The number of aliphatic imine (C=N–C) groups is 1. The zero-order valence-electron chi connectivity index (χ0n) is 19.3. The molecule has 3 rings (SSSR count). The van der Waals surface area contributed by atoms with Crippen LogP contribution < -0.4 is 29.6 Å². The van der Waals surface area contributed by atoms with Crippen molar-refractivity contribution in [3.05, 3.63) is 47.3 Å². The fourth-order valence-corrected chi connectivity index (χ4v) is 3.30. The van der Waals surface area contributed by atoms with Gasteiger partial charge in [-0.1, -0.05) is 6.07 Å².